The maximum Gasteiger partial charge on any atom is 0.148 e. The minimum absolute atomic E-state index is 0.0279. The van der Waals surface area contributed by atoms with Crippen LogP contribution in [0.15, 0.2) is 36.4 Å². The molecule has 5 rings (SSSR count). The largest absolute Gasteiger partial charge is 0.395 e. The third-order valence-corrected chi connectivity index (χ3v) is 7.20. The van der Waals surface area contributed by atoms with E-state index in [1.807, 2.05) is 6.07 Å². The maximum atomic E-state index is 15.0. The maximum absolute atomic E-state index is 15.0. The number of anilines is 3. The van der Waals surface area contributed by atoms with Crippen LogP contribution in [0.1, 0.15) is 48.9 Å². The summed E-state index contributed by atoms with van der Waals surface area (Å²) in [6.07, 6.45) is 4.31. The van der Waals surface area contributed by atoms with Gasteiger partial charge in [0.15, 0.2) is 0 Å². The second kappa shape index (κ2) is 9.37. The molecule has 1 aliphatic heterocycles. The number of nitrogens with zero attached hydrogens (tertiary/aromatic N) is 5. The van der Waals surface area contributed by atoms with Crippen molar-refractivity contribution >= 4 is 28.1 Å². The van der Waals surface area contributed by atoms with Crippen molar-refractivity contribution in [2.24, 2.45) is 0 Å². The second-order valence-corrected chi connectivity index (χ2v) is 9.86. The smallest absolute Gasteiger partial charge is 0.148 e. The predicted octanol–water partition coefficient (Wildman–Crippen LogP) is 4.52. The van der Waals surface area contributed by atoms with Crippen molar-refractivity contribution in [1.29, 1.82) is 0 Å². The standard InChI is InChI=1S/C27H34FN5O/c1-31(2)24-7-5-4-6-20(24)18-10-12-33(13-11-18)27-21-16-25(32(3)14-15-34)22(28)17-23(21)29-26(30-27)19-8-9-19/h4-7,16-19,34H,8-15H2,1-3H3. The van der Waals surface area contributed by atoms with E-state index < -0.39 is 0 Å². The lowest BCUT2D eigenvalue weighted by Crippen LogP contribution is -2.34. The third kappa shape index (κ3) is 4.41. The van der Waals surface area contributed by atoms with Gasteiger partial charge in [0.05, 0.1) is 17.8 Å². The molecule has 1 aromatic heterocycles. The van der Waals surface area contributed by atoms with Crippen LogP contribution in [0.25, 0.3) is 10.9 Å². The van der Waals surface area contributed by atoms with Crippen molar-refractivity contribution in [3.63, 3.8) is 0 Å². The zero-order valence-corrected chi connectivity index (χ0v) is 20.3. The van der Waals surface area contributed by atoms with E-state index in [1.54, 1.807) is 11.9 Å². The summed E-state index contributed by atoms with van der Waals surface area (Å²) in [5.41, 5.74) is 3.84. The van der Waals surface area contributed by atoms with Gasteiger partial charge in [0.1, 0.15) is 17.5 Å². The third-order valence-electron chi connectivity index (χ3n) is 7.20. The molecule has 0 radical (unpaired) electrons. The number of para-hydroxylation sites is 1. The quantitative estimate of drug-likeness (QED) is 0.556. The second-order valence-electron chi connectivity index (χ2n) is 9.86. The van der Waals surface area contributed by atoms with Gasteiger partial charge in [0, 0.05) is 63.8 Å². The highest BCUT2D eigenvalue weighted by atomic mass is 19.1. The highest BCUT2D eigenvalue weighted by Gasteiger charge is 2.30. The van der Waals surface area contributed by atoms with Crippen LogP contribution in [0.4, 0.5) is 21.6 Å². The Bertz CT molecular complexity index is 1170. The number of aliphatic hydroxyl groups is 1. The molecule has 0 atom stereocenters. The molecule has 1 N–H and O–H groups in total. The van der Waals surface area contributed by atoms with E-state index in [-0.39, 0.29) is 12.4 Å². The van der Waals surface area contributed by atoms with E-state index in [0.717, 1.165) is 55.8 Å². The fourth-order valence-electron chi connectivity index (χ4n) is 5.11. The normalized spacial score (nSPS) is 16.8. The van der Waals surface area contributed by atoms with Crippen LogP contribution in [-0.4, -0.2) is 62.5 Å². The number of piperidine rings is 1. The molecular weight excluding hydrogens is 429 g/mol. The Balaban J connectivity index is 1.48. The van der Waals surface area contributed by atoms with Gasteiger partial charge in [-0.15, -0.1) is 0 Å². The average Bonchev–Trinajstić information content (AvgIpc) is 3.69. The first-order valence-electron chi connectivity index (χ1n) is 12.3. The molecule has 1 saturated carbocycles. The molecule has 180 valence electrons. The first kappa shape index (κ1) is 22.8. The summed E-state index contributed by atoms with van der Waals surface area (Å²) in [6.45, 7) is 2.15. The zero-order valence-electron chi connectivity index (χ0n) is 20.3. The van der Waals surface area contributed by atoms with Crippen LogP contribution in [0.5, 0.6) is 0 Å². The molecule has 2 aliphatic rings. The summed E-state index contributed by atoms with van der Waals surface area (Å²) in [5, 5.41) is 10.2. The number of hydrogen-bond donors (Lipinski definition) is 1. The number of fused-ring (bicyclic) bond motifs is 1. The highest BCUT2D eigenvalue weighted by Crippen LogP contribution is 2.42. The van der Waals surface area contributed by atoms with Crippen LogP contribution in [-0.2, 0) is 0 Å². The number of rotatable bonds is 7. The molecule has 1 saturated heterocycles. The molecule has 34 heavy (non-hydrogen) atoms. The van der Waals surface area contributed by atoms with E-state index >= 15 is 0 Å². The average molecular weight is 464 g/mol. The van der Waals surface area contributed by atoms with Gasteiger partial charge in [0.2, 0.25) is 0 Å². The van der Waals surface area contributed by atoms with E-state index in [2.05, 4.69) is 48.2 Å². The summed E-state index contributed by atoms with van der Waals surface area (Å²) in [5.74, 6) is 2.36. The van der Waals surface area contributed by atoms with Gasteiger partial charge in [-0.1, -0.05) is 18.2 Å². The van der Waals surface area contributed by atoms with Crippen LogP contribution in [0.2, 0.25) is 0 Å². The Morgan fingerprint density at radius 1 is 0.971 bits per heavy atom. The van der Waals surface area contributed by atoms with Gasteiger partial charge in [-0.25, -0.2) is 14.4 Å². The van der Waals surface area contributed by atoms with Crippen molar-refractivity contribution < 1.29 is 9.50 Å². The van der Waals surface area contributed by atoms with E-state index in [9.17, 15) is 9.50 Å². The highest BCUT2D eigenvalue weighted by molar-refractivity contribution is 5.92. The molecule has 2 heterocycles. The first-order chi connectivity index (χ1) is 16.5. The Kier molecular flexibility index (Phi) is 6.30. The summed E-state index contributed by atoms with van der Waals surface area (Å²) >= 11 is 0. The van der Waals surface area contributed by atoms with Crippen molar-refractivity contribution in [3.05, 3.63) is 53.6 Å². The minimum Gasteiger partial charge on any atom is -0.395 e. The molecule has 3 aromatic rings. The van der Waals surface area contributed by atoms with Crippen molar-refractivity contribution in [3.8, 4) is 0 Å². The number of aliphatic hydroxyl groups excluding tert-OH is 1. The van der Waals surface area contributed by atoms with Crippen molar-refractivity contribution in [2.45, 2.75) is 37.5 Å². The Hall–Kier alpha value is -2.93. The monoisotopic (exact) mass is 463 g/mol. The van der Waals surface area contributed by atoms with Crippen LogP contribution in [0, 0.1) is 5.82 Å². The van der Waals surface area contributed by atoms with Crippen LogP contribution in [0.3, 0.4) is 0 Å². The summed E-state index contributed by atoms with van der Waals surface area (Å²) < 4.78 is 15.0. The lowest BCUT2D eigenvalue weighted by molar-refractivity contribution is 0.304. The molecule has 1 aliphatic carbocycles. The fourth-order valence-corrected chi connectivity index (χ4v) is 5.11. The van der Waals surface area contributed by atoms with E-state index in [1.165, 1.54) is 17.3 Å². The van der Waals surface area contributed by atoms with Gasteiger partial charge in [-0.3, -0.25) is 0 Å². The molecule has 0 unspecified atom stereocenters. The van der Waals surface area contributed by atoms with Crippen molar-refractivity contribution in [2.75, 3.05) is 62.1 Å². The molecule has 0 bridgehead atoms. The SMILES string of the molecule is CN(C)c1ccccc1C1CCN(c2nc(C3CC3)nc3cc(F)c(N(C)CCO)cc23)CC1. The molecular formula is C27H34FN5O. The zero-order chi connectivity index (χ0) is 23.8. The minimum atomic E-state index is -0.311. The Labute approximate surface area is 201 Å². The molecule has 7 heteroatoms. The summed E-state index contributed by atoms with van der Waals surface area (Å²) in [7, 11) is 6.00. The summed E-state index contributed by atoms with van der Waals surface area (Å²) in [6, 6.07) is 12.1. The van der Waals surface area contributed by atoms with Gasteiger partial charge in [-0.05, 0) is 49.3 Å². The topological polar surface area (TPSA) is 55.7 Å². The Morgan fingerprint density at radius 2 is 1.71 bits per heavy atom. The number of hydrogen-bond acceptors (Lipinski definition) is 6. The molecule has 0 spiro atoms. The van der Waals surface area contributed by atoms with Gasteiger partial charge in [0.25, 0.3) is 0 Å². The molecule has 6 nitrogen and oxygen atoms in total. The summed E-state index contributed by atoms with van der Waals surface area (Å²) in [4.78, 5) is 16.1. The van der Waals surface area contributed by atoms with Crippen molar-refractivity contribution in [1.82, 2.24) is 9.97 Å². The van der Waals surface area contributed by atoms with Crippen LogP contribution < -0.4 is 14.7 Å². The predicted molar refractivity (Wildman–Crippen MR) is 137 cm³/mol. The van der Waals surface area contributed by atoms with Crippen LogP contribution >= 0.6 is 0 Å². The molecule has 2 fully saturated rings. The van der Waals surface area contributed by atoms with Gasteiger partial charge < -0.3 is 19.8 Å². The van der Waals surface area contributed by atoms with E-state index in [0.29, 0.717) is 29.6 Å². The first-order valence-corrected chi connectivity index (χ1v) is 12.3. The number of aromatic nitrogens is 2. The fraction of sp³-hybridized carbons (Fsp3) is 0.481. The number of likely N-dealkylation sites (N-methyl/N-ethyl adjacent to an activating group) is 1. The molecule has 0 amide bonds. The lowest BCUT2D eigenvalue weighted by atomic mass is 9.88. The van der Waals surface area contributed by atoms with Gasteiger partial charge >= 0.3 is 0 Å². The Morgan fingerprint density at radius 3 is 2.38 bits per heavy atom. The lowest BCUT2D eigenvalue weighted by Gasteiger charge is -2.35. The number of benzene rings is 2. The number of halogens is 1. The van der Waals surface area contributed by atoms with E-state index in [4.69, 9.17) is 9.97 Å². The van der Waals surface area contributed by atoms with Gasteiger partial charge in [-0.2, -0.15) is 0 Å². The molecule has 2 aromatic carbocycles.